The molecule has 0 bridgehead atoms. The fourth-order valence-electron chi connectivity index (χ4n) is 6.39. The van der Waals surface area contributed by atoms with Crippen molar-refractivity contribution in [3.8, 4) is 0 Å². The van der Waals surface area contributed by atoms with Gasteiger partial charge in [-0.15, -0.1) is 0 Å². The maximum Gasteiger partial charge on any atom is 0.290 e. The zero-order chi connectivity index (χ0) is 34.6. The Morgan fingerprint density at radius 3 is 1.37 bits per heavy atom. The minimum Gasteiger partial charge on any atom is -0.497 e. The molecule has 0 spiro atoms. The van der Waals surface area contributed by atoms with E-state index in [1.54, 1.807) is 0 Å². The molecule has 0 aromatic carbocycles. The van der Waals surface area contributed by atoms with E-state index >= 15 is 0 Å². The maximum absolute atomic E-state index is 8.36. The molecular weight excluding hydrogens is 568 g/mol. The van der Waals surface area contributed by atoms with Crippen LogP contribution in [-0.2, 0) is 9.53 Å². The number of likely N-dealkylation sites (N-methyl/N-ethyl adjacent to an activating group) is 1. The molecule has 1 N–H and O–H groups in total. The first-order valence-electron chi connectivity index (χ1n) is 19.9. The molecule has 46 heavy (non-hydrogen) atoms. The quantitative estimate of drug-likeness (QED) is 0.0321. The molecule has 0 rings (SSSR count). The van der Waals surface area contributed by atoms with E-state index in [-0.39, 0.29) is 6.47 Å². The second-order valence-electron chi connectivity index (χ2n) is 14.4. The molecular formula is C41H83N2O3+. The van der Waals surface area contributed by atoms with E-state index in [1.807, 2.05) is 0 Å². The van der Waals surface area contributed by atoms with Gasteiger partial charge < -0.3 is 19.2 Å². The fraction of sp³-hybridized carbons (Fsp3) is 0.878. The van der Waals surface area contributed by atoms with Crippen molar-refractivity contribution < 1.29 is 19.1 Å². The van der Waals surface area contributed by atoms with E-state index in [1.165, 1.54) is 173 Å². The van der Waals surface area contributed by atoms with E-state index in [0.717, 1.165) is 42.9 Å². The standard InChI is InChI=1S/C40H81N2O.CH2O2/c1-8-11-13-15-17-19-21-22-24-26-28-30-32-34-41(39(4)38-42(6,7)36-10-3)35-37-43-40(5)33-31-29-27-25-23-20-18-16-14-12-9-2;2-1-3/h4-5,8-38H2,1-3,6-7H3;1H,(H,2,3)/q+1;. The van der Waals surface area contributed by atoms with Crippen LogP contribution in [0.2, 0.25) is 0 Å². The Balaban J connectivity index is 0. The van der Waals surface area contributed by atoms with Gasteiger partial charge in [0.2, 0.25) is 0 Å². The molecule has 5 heteroatoms. The lowest BCUT2D eigenvalue weighted by Crippen LogP contribution is -2.45. The molecule has 0 radical (unpaired) electrons. The van der Waals surface area contributed by atoms with Gasteiger partial charge in [-0.3, -0.25) is 4.79 Å². The minimum atomic E-state index is -0.250. The van der Waals surface area contributed by atoms with Crippen molar-refractivity contribution in [2.24, 2.45) is 0 Å². The van der Waals surface area contributed by atoms with Gasteiger partial charge in [0.1, 0.15) is 13.2 Å². The molecule has 274 valence electrons. The van der Waals surface area contributed by atoms with Crippen molar-refractivity contribution >= 4 is 6.47 Å². The lowest BCUT2D eigenvalue weighted by Gasteiger charge is -2.35. The van der Waals surface area contributed by atoms with E-state index in [9.17, 15) is 0 Å². The average Bonchev–Trinajstić information content (AvgIpc) is 3.01. The summed E-state index contributed by atoms with van der Waals surface area (Å²) in [5.74, 6) is 0.976. The fourth-order valence-corrected chi connectivity index (χ4v) is 6.39. The highest BCUT2D eigenvalue weighted by Gasteiger charge is 2.19. The highest BCUT2D eigenvalue weighted by Crippen LogP contribution is 2.17. The lowest BCUT2D eigenvalue weighted by atomic mass is 10.0. The van der Waals surface area contributed by atoms with Crippen molar-refractivity contribution in [2.75, 3.05) is 46.9 Å². The Kier molecular flexibility index (Phi) is 36.8. The third-order valence-corrected chi connectivity index (χ3v) is 9.14. The van der Waals surface area contributed by atoms with Crippen LogP contribution in [0.5, 0.6) is 0 Å². The van der Waals surface area contributed by atoms with Gasteiger partial charge >= 0.3 is 0 Å². The summed E-state index contributed by atoms with van der Waals surface area (Å²) in [7, 11) is 4.67. The molecule has 0 saturated carbocycles. The predicted molar refractivity (Wildman–Crippen MR) is 203 cm³/mol. The van der Waals surface area contributed by atoms with Gasteiger partial charge in [0.15, 0.2) is 0 Å². The van der Waals surface area contributed by atoms with Gasteiger partial charge in [-0.25, -0.2) is 0 Å². The molecule has 0 amide bonds. The smallest absolute Gasteiger partial charge is 0.290 e. The Morgan fingerprint density at radius 2 is 0.978 bits per heavy atom. The van der Waals surface area contributed by atoms with Crippen LogP contribution in [0, 0.1) is 0 Å². The van der Waals surface area contributed by atoms with Crippen LogP contribution >= 0.6 is 0 Å². The lowest BCUT2D eigenvalue weighted by molar-refractivity contribution is -0.886. The first kappa shape index (κ1) is 46.6. The number of ether oxygens (including phenoxy) is 1. The molecule has 0 aliphatic heterocycles. The summed E-state index contributed by atoms with van der Waals surface area (Å²) >= 11 is 0. The molecule has 0 fully saturated rings. The number of rotatable bonds is 35. The first-order valence-corrected chi connectivity index (χ1v) is 19.9. The first-order chi connectivity index (χ1) is 22.3. The molecule has 0 saturated heterocycles. The Bertz CT molecular complexity index is 664. The monoisotopic (exact) mass is 652 g/mol. The van der Waals surface area contributed by atoms with Crippen LogP contribution in [0.15, 0.2) is 24.6 Å². The molecule has 0 heterocycles. The number of carbonyl (C=O) groups is 1. The van der Waals surface area contributed by atoms with Gasteiger partial charge in [0, 0.05) is 13.0 Å². The number of hydrogen-bond acceptors (Lipinski definition) is 3. The van der Waals surface area contributed by atoms with E-state index in [4.69, 9.17) is 14.6 Å². The van der Waals surface area contributed by atoms with Gasteiger partial charge in [0.25, 0.3) is 6.47 Å². The number of unbranched alkanes of at least 4 members (excludes halogenated alkanes) is 22. The zero-order valence-electron chi connectivity index (χ0n) is 32.1. The van der Waals surface area contributed by atoms with Crippen molar-refractivity contribution in [1.29, 1.82) is 0 Å². The van der Waals surface area contributed by atoms with Gasteiger partial charge in [0.05, 0.1) is 38.6 Å². The van der Waals surface area contributed by atoms with Crippen LogP contribution in [0.3, 0.4) is 0 Å². The third-order valence-electron chi connectivity index (χ3n) is 9.14. The minimum absolute atomic E-state index is 0.250. The van der Waals surface area contributed by atoms with Crippen LogP contribution in [0.1, 0.15) is 188 Å². The summed E-state index contributed by atoms with van der Waals surface area (Å²) in [5.41, 5.74) is 1.27. The number of hydrogen-bond donors (Lipinski definition) is 1. The predicted octanol–water partition coefficient (Wildman–Crippen LogP) is 12.3. The van der Waals surface area contributed by atoms with Gasteiger partial charge in [-0.05, 0) is 19.3 Å². The summed E-state index contributed by atoms with van der Waals surface area (Å²) in [6.07, 6.45) is 35.6. The molecule has 0 aromatic heterocycles. The van der Waals surface area contributed by atoms with Crippen LogP contribution in [0.25, 0.3) is 0 Å². The third kappa shape index (κ3) is 35.4. The van der Waals surface area contributed by atoms with E-state index in [2.05, 4.69) is 52.9 Å². The Labute approximate surface area is 289 Å². The van der Waals surface area contributed by atoms with Crippen molar-refractivity contribution in [3.05, 3.63) is 24.6 Å². The molecule has 0 aromatic rings. The number of allylic oxidation sites excluding steroid dienone is 1. The second-order valence-corrected chi connectivity index (χ2v) is 14.4. The molecule has 0 aliphatic rings. The summed E-state index contributed by atoms with van der Waals surface area (Å²) in [6, 6.07) is 0. The average molecular weight is 652 g/mol. The number of quaternary nitrogens is 1. The Morgan fingerprint density at radius 1 is 0.609 bits per heavy atom. The van der Waals surface area contributed by atoms with Gasteiger partial charge in [-0.1, -0.05) is 175 Å². The summed E-state index contributed by atoms with van der Waals surface area (Å²) in [6.45, 7) is 20.4. The van der Waals surface area contributed by atoms with Crippen molar-refractivity contribution in [3.63, 3.8) is 0 Å². The maximum atomic E-state index is 8.36. The molecule has 5 nitrogen and oxygen atoms in total. The van der Waals surface area contributed by atoms with Crippen molar-refractivity contribution in [2.45, 2.75) is 188 Å². The largest absolute Gasteiger partial charge is 0.497 e. The highest BCUT2D eigenvalue weighted by molar-refractivity contribution is 5.32. The number of carboxylic acid groups (broad SMARTS) is 1. The Hall–Kier alpha value is -1.49. The van der Waals surface area contributed by atoms with Crippen molar-refractivity contribution in [1.82, 2.24) is 4.90 Å². The highest BCUT2D eigenvalue weighted by atomic mass is 16.5. The van der Waals surface area contributed by atoms with Crippen LogP contribution < -0.4 is 0 Å². The van der Waals surface area contributed by atoms with E-state index in [0.29, 0.717) is 0 Å². The normalized spacial score (nSPS) is 11.2. The van der Waals surface area contributed by atoms with Gasteiger partial charge in [-0.2, -0.15) is 0 Å². The van der Waals surface area contributed by atoms with Crippen LogP contribution in [-0.4, -0.2) is 67.8 Å². The molecule has 0 unspecified atom stereocenters. The van der Waals surface area contributed by atoms with Crippen LogP contribution in [0.4, 0.5) is 0 Å². The topological polar surface area (TPSA) is 49.8 Å². The SMILES string of the molecule is C=C(CCCCCCCCCCCCC)OCCN(CCCCCCCCCCCCCCC)C(=C)C[N+](C)(C)CCC.O=CO. The second kappa shape index (κ2) is 36.3. The zero-order valence-corrected chi connectivity index (χ0v) is 32.1. The number of nitrogens with zero attached hydrogens (tertiary/aromatic N) is 2. The van der Waals surface area contributed by atoms with E-state index < -0.39 is 0 Å². The molecule has 0 atom stereocenters. The summed E-state index contributed by atoms with van der Waals surface area (Å²) in [5, 5.41) is 6.89. The summed E-state index contributed by atoms with van der Waals surface area (Å²) in [4.78, 5) is 10.9. The summed E-state index contributed by atoms with van der Waals surface area (Å²) < 4.78 is 7.14. The molecule has 0 aliphatic carbocycles.